The molecule has 0 unspecified atom stereocenters. The van der Waals surface area contributed by atoms with Gasteiger partial charge in [-0.25, -0.2) is 9.48 Å². The van der Waals surface area contributed by atoms with Gasteiger partial charge in [-0.1, -0.05) is 12.8 Å². The van der Waals surface area contributed by atoms with Crippen LogP contribution in [-0.4, -0.2) is 34.9 Å². The van der Waals surface area contributed by atoms with E-state index in [1.807, 2.05) is 11.6 Å². The van der Waals surface area contributed by atoms with Crippen molar-refractivity contribution in [2.45, 2.75) is 38.6 Å². The zero-order valence-corrected chi connectivity index (χ0v) is 14.8. The fourth-order valence-electron chi connectivity index (χ4n) is 3.10. The molecule has 1 saturated carbocycles. The lowest BCUT2D eigenvalue weighted by Crippen LogP contribution is -2.23. The smallest absolute Gasteiger partial charge is 0.338 e. The van der Waals surface area contributed by atoms with Crippen molar-refractivity contribution < 1.29 is 19.1 Å². The molecular weight excluding hydrogens is 334 g/mol. The van der Waals surface area contributed by atoms with Gasteiger partial charge in [-0.15, -0.1) is 0 Å². The lowest BCUT2D eigenvalue weighted by Gasteiger charge is -2.14. The molecule has 7 nitrogen and oxygen atoms in total. The molecule has 1 aliphatic rings. The summed E-state index contributed by atoms with van der Waals surface area (Å²) in [5.41, 5.74) is 0.372. The van der Waals surface area contributed by atoms with Gasteiger partial charge < -0.3 is 14.8 Å². The van der Waals surface area contributed by atoms with Crippen LogP contribution in [0.4, 0.5) is 5.82 Å². The first-order valence-electron chi connectivity index (χ1n) is 8.90. The molecule has 1 aromatic carbocycles. The van der Waals surface area contributed by atoms with E-state index in [-0.39, 0.29) is 12.5 Å². The van der Waals surface area contributed by atoms with Gasteiger partial charge in [0.05, 0.1) is 24.4 Å². The van der Waals surface area contributed by atoms with E-state index in [0.717, 1.165) is 12.8 Å². The van der Waals surface area contributed by atoms with Gasteiger partial charge in [-0.3, -0.25) is 4.79 Å². The first-order chi connectivity index (χ1) is 12.7. The molecule has 138 valence electrons. The fourth-order valence-corrected chi connectivity index (χ4v) is 3.10. The number of rotatable bonds is 7. The quantitative estimate of drug-likeness (QED) is 0.770. The molecule has 1 aliphatic carbocycles. The number of carbonyl (C=O) groups excluding carboxylic acids is 2. The molecule has 0 spiro atoms. The average Bonchev–Trinajstić information content (AvgIpc) is 3.32. The number of anilines is 1. The van der Waals surface area contributed by atoms with Gasteiger partial charge in [-0.2, -0.15) is 5.10 Å². The Morgan fingerprint density at radius 1 is 1.19 bits per heavy atom. The molecule has 1 heterocycles. The molecule has 0 radical (unpaired) electrons. The van der Waals surface area contributed by atoms with E-state index in [0.29, 0.717) is 29.8 Å². The molecule has 0 atom stereocenters. The monoisotopic (exact) mass is 357 g/mol. The molecule has 1 N–H and O–H groups in total. The number of ether oxygens (including phenoxy) is 2. The predicted molar refractivity (Wildman–Crippen MR) is 96.3 cm³/mol. The molecule has 1 aromatic heterocycles. The summed E-state index contributed by atoms with van der Waals surface area (Å²) in [6.07, 6.45) is 6.16. The fraction of sp³-hybridized carbons (Fsp3) is 0.421. The third kappa shape index (κ3) is 4.41. The highest BCUT2D eigenvalue weighted by Gasteiger charge is 2.20. The molecule has 3 rings (SSSR count). The highest BCUT2D eigenvalue weighted by molar-refractivity contribution is 5.95. The largest absolute Gasteiger partial charge is 0.494 e. The summed E-state index contributed by atoms with van der Waals surface area (Å²) in [5.74, 6) is 0.387. The van der Waals surface area contributed by atoms with Crippen molar-refractivity contribution in [1.82, 2.24) is 9.78 Å². The Hall–Kier alpha value is -2.83. The van der Waals surface area contributed by atoms with Crippen LogP contribution < -0.4 is 10.1 Å². The Balaban J connectivity index is 1.51. The van der Waals surface area contributed by atoms with Crippen LogP contribution in [0.5, 0.6) is 5.75 Å². The number of benzene rings is 1. The van der Waals surface area contributed by atoms with Gasteiger partial charge >= 0.3 is 5.97 Å². The van der Waals surface area contributed by atoms with Crippen molar-refractivity contribution in [2.24, 2.45) is 0 Å². The molecule has 0 saturated heterocycles. The maximum absolute atomic E-state index is 12.1. The Bertz CT molecular complexity index is 748. The molecule has 1 fully saturated rings. The van der Waals surface area contributed by atoms with Gasteiger partial charge in [0.2, 0.25) is 0 Å². The first kappa shape index (κ1) is 18.0. The second-order valence-corrected chi connectivity index (χ2v) is 6.18. The van der Waals surface area contributed by atoms with Crippen LogP contribution >= 0.6 is 0 Å². The Kier molecular flexibility index (Phi) is 5.88. The molecule has 26 heavy (non-hydrogen) atoms. The van der Waals surface area contributed by atoms with Crippen molar-refractivity contribution >= 4 is 17.7 Å². The van der Waals surface area contributed by atoms with Crippen LogP contribution in [0.25, 0.3) is 0 Å². The van der Waals surface area contributed by atoms with Crippen molar-refractivity contribution in [1.29, 1.82) is 0 Å². The summed E-state index contributed by atoms with van der Waals surface area (Å²) in [5, 5.41) is 7.06. The highest BCUT2D eigenvalue weighted by Crippen LogP contribution is 2.31. The molecule has 2 aromatic rings. The number of esters is 1. The average molecular weight is 357 g/mol. The number of amides is 1. The van der Waals surface area contributed by atoms with Gasteiger partial charge in [-0.05, 0) is 44.0 Å². The predicted octanol–water partition coefficient (Wildman–Crippen LogP) is 3.19. The van der Waals surface area contributed by atoms with Crippen LogP contribution in [0.3, 0.4) is 0 Å². The van der Waals surface area contributed by atoms with Crippen molar-refractivity contribution in [3.63, 3.8) is 0 Å². The molecule has 7 heteroatoms. The van der Waals surface area contributed by atoms with E-state index in [4.69, 9.17) is 9.47 Å². The second-order valence-electron chi connectivity index (χ2n) is 6.18. The normalized spacial score (nSPS) is 14.2. The van der Waals surface area contributed by atoms with Crippen LogP contribution in [0.1, 0.15) is 49.0 Å². The zero-order valence-electron chi connectivity index (χ0n) is 14.8. The number of nitrogens with zero attached hydrogens (tertiary/aromatic N) is 2. The molecule has 0 aliphatic heterocycles. The molecule has 1 amide bonds. The van der Waals surface area contributed by atoms with E-state index < -0.39 is 5.97 Å². The van der Waals surface area contributed by atoms with Gasteiger partial charge in [0.15, 0.2) is 6.61 Å². The Morgan fingerprint density at radius 3 is 2.62 bits per heavy atom. The second kappa shape index (κ2) is 8.51. The number of carbonyl (C=O) groups is 2. The highest BCUT2D eigenvalue weighted by atomic mass is 16.5. The summed E-state index contributed by atoms with van der Waals surface area (Å²) >= 11 is 0. The van der Waals surface area contributed by atoms with Crippen molar-refractivity contribution in [3.05, 3.63) is 42.1 Å². The van der Waals surface area contributed by atoms with Crippen molar-refractivity contribution in [3.8, 4) is 5.75 Å². The molecule has 0 bridgehead atoms. The first-order valence-corrected chi connectivity index (χ1v) is 8.90. The van der Waals surface area contributed by atoms with Crippen LogP contribution in [0.2, 0.25) is 0 Å². The van der Waals surface area contributed by atoms with E-state index >= 15 is 0 Å². The Morgan fingerprint density at radius 2 is 1.92 bits per heavy atom. The molecular formula is C19H23N3O4. The standard InChI is InChI=1S/C19H23N3O4/c1-2-25-16-9-7-14(8-10-16)19(24)26-13-18(23)21-17-11-12-20-22(17)15-5-3-4-6-15/h7-12,15H,2-6,13H2,1H3,(H,21,23). The maximum Gasteiger partial charge on any atom is 0.338 e. The van der Waals surface area contributed by atoms with Gasteiger partial charge in [0, 0.05) is 6.07 Å². The van der Waals surface area contributed by atoms with E-state index in [1.54, 1.807) is 36.5 Å². The third-order valence-corrected chi connectivity index (χ3v) is 4.34. The Labute approximate surface area is 152 Å². The summed E-state index contributed by atoms with van der Waals surface area (Å²) < 4.78 is 12.3. The third-order valence-electron chi connectivity index (χ3n) is 4.34. The van der Waals surface area contributed by atoms with Crippen molar-refractivity contribution in [2.75, 3.05) is 18.5 Å². The summed E-state index contributed by atoms with van der Waals surface area (Å²) in [7, 11) is 0. The summed E-state index contributed by atoms with van der Waals surface area (Å²) in [4.78, 5) is 24.1. The van der Waals surface area contributed by atoms with E-state index in [9.17, 15) is 9.59 Å². The SMILES string of the molecule is CCOc1ccc(C(=O)OCC(=O)Nc2ccnn2C2CCCC2)cc1. The zero-order chi connectivity index (χ0) is 18.4. The van der Waals surface area contributed by atoms with E-state index in [2.05, 4.69) is 10.4 Å². The summed E-state index contributed by atoms with van der Waals surface area (Å²) in [6, 6.07) is 8.69. The topological polar surface area (TPSA) is 82.4 Å². The lowest BCUT2D eigenvalue weighted by atomic mass is 10.2. The maximum atomic E-state index is 12.1. The lowest BCUT2D eigenvalue weighted by molar-refractivity contribution is -0.119. The van der Waals surface area contributed by atoms with Gasteiger partial charge in [0.25, 0.3) is 5.91 Å². The van der Waals surface area contributed by atoms with E-state index in [1.165, 1.54) is 12.8 Å². The number of nitrogens with one attached hydrogen (secondary N) is 1. The van der Waals surface area contributed by atoms with Crippen LogP contribution in [-0.2, 0) is 9.53 Å². The van der Waals surface area contributed by atoms with Crippen LogP contribution in [0.15, 0.2) is 36.5 Å². The summed E-state index contributed by atoms with van der Waals surface area (Å²) in [6.45, 7) is 2.10. The number of aromatic nitrogens is 2. The van der Waals surface area contributed by atoms with Gasteiger partial charge in [0.1, 0.15) is 11.6 Å². The number of hydrogen-bond acceptors (Lipinski definition) is 5. The van der Waals surface area contributed by atoms with Crippen LogP contribution in [0, 0.1) is 0 Å². The minimum atomic E-state index is -0.549. The minimum Gasteiger partial charge on any atom is -0.494 e. The number of hydrogen-bond donors (Lipinski definition) is 1. The minimum absolute atomic E-state index is 0.326.